The number of piperidine rings is 1. The number of hydrogen-bond acceptors (Lipinski definition) is 6. The summed E-state index contributed by atoms with van der Waals surface area (Å²) in [5.74, 6) is -0.901. The predicted octanol–water partition coefficient (Wildman–Crippen LogP) is 1.04. The van der Waals surface area contributed by atoms with Crippen molar-refractivity contribution < 1.29 is 19.4 Å². The third kappa shape index (κ3) is 5.78. The second-order valence-electron chi connectivity index (χ2n) is 4.88. The van der Waals surface area contributed by atoms with Crippen molar-refractivity contribution in [2.45, 2.75) is 25.4 Å². The molecule has 2 heterocycles. The van der Waals surface area contributed by atoms with Gasteiger partial charge in [0.2, 0.25) is 5.91 Å². The van der Waals surface area contributed by atoms with E-state index in [9.17, 15) is 9.59 Å². The Morgan fingerprint density at radius 2 is 2.24 bits per heavy atom. The lowest BCUT2D eigenvalue weighted by Crippen LogP contribution is -2.41. The van der Waals surface area contributed by atoms with Gasteiger partial charge >= 0.3 is 5.97 Å². The number of carboxylic acids is 1. The highest BCUT2D eigenvalue weighted by atomic mass is 32.1. The smallest absolute Gasteiger partial charge is 0.305 e. The van der Waals surface area contributed by atoms with Gasteiger partial charge in [-0.15, -0.1) is 11.3 Å². The fourth-order valence-electron chi connectivity index (χ4n) is 2.19. The Morgan fingerprint density at radius 3 is 2.86 bits per heavy atom. The first-order valence-corrected chi connectivity index (χ1v) is 7.76. The van der Waals surface area contributed by atoms with Crippen LogP contribution < -0.4 is 5.32 Å². The number of ether oxygens (including phenoxy) is 1. The van der Waals surface area contributed by atoms with Gasteiger partial charge in [0, 0.05) is 24.7 Å². The minimum absolute atomic E-state index is 0.0381. The Morgan fingerprint density at radius 1 is 1.48 bits per heavy atom. The van der Waals surface area contributed by atoms with E-state index in [2.05, 4.69) is 15.2 Å². The van der Waals surface area contributed by atoms with Crippen molar-refractivity contribution in [3.63, 3.8) is 0 Å². The van der Waals surface area contributed by atoms with Crippen LogP contribution in [-0.2, 0) is 14.3 Å². The van der Waals surface area contributed by atoms with Gasteiger partial charge < -0.3 is 15.2 Å². The molecule has 1 aromatic rings. The van der Waals surface area contributed by atoms with Crippen LogP contribution in [0.5, 0.6) is 0 Å². The number of anilines is 1. The summed E-state index contributed by atoms with van der Waals surface area (Å²) in [7, 11) is 0. The average Bonchev–Trinajstić information content (AvgIpc) is 2.93. The summed E-state index contributed by atoms with van der Waals surface area (Å²) in [5, 5.41) is 13.7. The molecular formula is C13H19N3O4S. The van der Waals surface area contributed by atoms with Crippen LogP contribution in [0.3, 0.4) is 0 Å². The van der Waals surface area contributed by atoms with Gasteiger partial charge in [0.25, 0.3) is 0 Å². The van der Waals surface area contributed by atoms with E-state index in [1.54, 1.807) is 6.20 Å². The van der Waals surface area contributed by atoms with Gasteiger partial charge in [-0.3, -0.25) is 14.5 Å². The van der Waals surface area contributed by atoms with Gasteiger partial charge in [-0.05, 0) is 12.8 Å². The summed E-state index contributed by atoms with van der Waals surface area (Å²) in [5.41, 5.74) is 0. The maximum absolute atomic E-state index is 11.8. The quantitative estimate of drug-likeness (QED) is 0.781. The van der Waals surface area contributed by atoms with Crippen molar-refractivity contribution in [1.29, 1.82) is 0 Å². The molecule has 116 valence electrons. The van der Waals surface area contributed by atoms with Crippen LogP contribution >= 0.6 is 11.3 Å². The monoisotopic (exact) mass is 313 g/mol. The van der Waals surface area contributed by atoms with Crippen molar-refractivity contribution in [2.75, 3.05) is 31.6 Å². The van der Waals surface area contributed by atoms with Crippen LogP contribution in [0.4, 0.5) is 5.13 Å². The zero-order valence-electron chi connectivity index (χ0n) is 11.7. The molecule has 1 amide bonds. The number of thiazole rings is 1. The number of likely N-dealkylation sites (tertiary alicyclic amines) is 1. The molecule has 0 aliphatic carbocycles. The number of aromatic nitrogens is 1. The van der Waals surface area contributed by atoms with E-state index in [0.717, 1.165) is 25.9 Å². The maximum atomic E-state index is 11.8. The third-order valence-corrected chi connectivity index (χ3v) is 3.94. The Bertz CT molecular complexity index is 458. The normalized spacial score (nSPS) is 16.8. The van der Waals surface area contributed by atoms with Crippen molar-refractivity contribution >= 4 is 28.3 Å². The molecule has 21 heavy (non-hydrogen) atoms. The number of nitrogens with one attached hydrogen (secondary N) is 1. The van der Waals surface area contributed by atoms with Crippen LogP contribution in [0.15, 0.2) is 11.6 Å². The topological polar surface area (TPSA) is 91.8 Å². The second kappa shape index (κ2) is 8.06. The molecule has 2 rings (SSSR count). The number of carbonyl (C=O) groups is 2. The van der Waals surface area contributed by atoms with E-state index in [0.29, 0.717) is 11.7 Å². The zero-order chi connectivity index (χ0) is 15.1. The molecule has 0 aromatic carbocycles. The SMILES string of the molecule is O=C(O)CCOC1CCN(CC(=O)Nc2nccs2)CC1. The molecule has 1 saturated heterocycles. The zero-order valence-corrected chi connectivity index (χ0v) is 12.5. The summed E-state index contributed by atoms with van der Waals surface area (Å²) in [6.07, 6.45) is 3.44. The molecular weight excluding hydrogens is 294 g/mol. The van der Waals surface area contributed by atoms with Crippen LogP contribution in [0.2, 0.25) is 0 Å². The average molecular weight is 313 g/mol. The number of carboxylic acid groups (broad SMARTS) is 1. The Hall–Kier alpha value is -1.51. The van der Waals surface area contributed by atoms with E-state index in [-0.39, 0.29) is 25.0 Å². The molecule has 0 unspecified atom stereocenters. The largest absolute Gasteiger partial charge is 0.481 e. The summed E-state index contributed by atoms with van der Waals surface area (Å²) in [6.45, 7) is 2.16. The van der Waals surface area contributed by atoms with Crippen molar-refractivity contribution in [1.82, 2.24) is 9.88 Å². The molecule has 0 spiro atoms. The van der Waals surface area contributed by atoms with E-state index in [1.807, 2.05) is 5.38 Å². The summed E-state index contributed by atoms with van der Waals surface area (Å²) in [6, 6.07) is 0. The van der Waals surface area contributed by atoms with Crippen LogP contribution in [0.1, 0.15) is 19.3 Å². The summed E-state index contributed by atoms with van der Waals surface area (Å²) in [4.78, 5) is 28.3. The first-order chi connectivity index (χ1) is 10.1. The molecule has 1 aromatic heterocycles. The number of hydrogen-bond donors (Lipinski definition) is 2. The molecule has 0 bridgehead atoms. The lowest BCUT2D eigenvalue weighted by molar-refractivity contribution is -0.139. The highest BCUT2D eigenvalue weighted by Gasteiger charge is 2.21. The van der Waals surface area contributed by atoms with Gasteiger partial charge in [0.15, 0.2) is 5.13 Å². The Balaban J connectivity index is 1.62. The number of carbonyl (C=O) groups excluding carboxylic acids is 1. The van der Waals surface area contributed by atoms with E-state index in [4.69, 9.17) is 9.84 Å². The van der Waals surface area contributed by atoms with Crippen molar-refractivity contribution in [3.8, 4) is 0 Å². The first kappa shape index (κ1) is 15.9. The minimum atomic E-state index is -0.841. The number of aliphatic carboxylic acids is 1. The molecule has 1 fully saturated rings. The van der Waals surface area contributed by atoms with Crippen molar-refractivity contribution in [2.24, 2.45) is 0 Å². The standard InChI is InChI=1S/C13H19N3O4S/c17-11(15-13-14-4-8-21-13)9-16-5-1-10(2-6-16)20-7-3-12(18)19/h4,8,10H,1-3,5-7,9H2,(H,18,19)(H,14,15,17). The van der Waals surface area contributed by atoms with Gasteiger partial charge in [0.05, 0.1) is 25.7 Å². The van der Waals surface area contributed by atoms with Crippen molar-refractivity contribution in [3.05, 3.63) is 11.6 Å². The molecule has 1 aliphatic heterocycles. The van der Waals surface area contributed by atoms with Gasteiger partial charge in [0.1, 0.15) is 0 Å². The van der Waals surface area contributed by atoms with Gasteiger partial charge in [-0.1, -0.05) is 0 Å². The lowest BCUT2D eigenvalue weighted by Gasteiger charge is -2.31. The van der Waals surface area contributed by atoms with Crippen LogP contribution in [0, 0.1) is 0 Å². The molecule has 0 saturated carbocycles. The molecule has 7 nitrogen and oxygen atoms in total. The fraction of sp³-hybridized carbons (Fsp3) is 0.615. The van der Waals surface area contributed by atoms with Crippen LogP contribution in [-0.4, -0.2) is 59.2 Å². The highest BCUT2D eigenvalue weighted by Crippen LogP contribution is 2.14. The molecule has 1 aliphatic rings. The van der Waals surface area contributed by atoms with E-state index < -0.39 is 5.97 Å². The molecule has 0 radical (unpaired) electrons. The maximum Gasteiger partial charge on any atom is 0.305 e. The molecule has 0 atom stereocenters. The summed E-state index contributed by atoms with van der Waals surface area (Å²) < 4.78 is 5.52. The predicted molar refractivity (Wildman–Crippen MR) is 78.4 cm³/mol. The summed E-state index contributed by atoms with van der Waals surface area (Å²) >= 11 is 1.40. The van der Waals surface area contributed by atoms with Gasteiger partial charge in [-0.2, -0.15) is 0 Å². The molecule has 2 N–H and O–H groups in total. The van der Waals surface area contributed by atoms with Crippen LogP contribution in [0.25, 0.3) is 0 Å². The first-order valence-electron chi connectivity index (χ1n) is 6.88. The number of amides is 1. The Kier molecular flexibility index (Phi) is 6.09. The lowest BCUT2D eigenvalue weighted by atomic mass is 10.1. The van der Waals surface area contributed by atoms with E-state index in [1.165, 1.54) is 11.3 Å². The number of nitrogens with zero attached hydrogens (tertiary/aromatic N) is 2. The molecule has 8 heteroatoms. The van der Waals surface area contributed by atoms with E-state index >= 15 is 0 Å². The fourth-order valence-corrected chi connectivity index (χ4v) is 2.74. The minimum Gasteiger partial charge on any atom is -0.481 e. The number of rotatable bonds is 7. The third-order valence-electron chi connectivity index (χ3n) is 3.25. The second-order valence-corrected chi connectivity index (χ2v) is 5.77. The highest BCUT2D eigenvalue weighted by molar-refractivity contribution is 7.13. The Labute approximate surface area is 126 Å². The van der Waals surface area contributed by atoms with Gasteiger partial charge in [-0.25, -0.2) is 4.98 Å².